The van der Waals surface area contributed by atoms with E-state index >= 15 is 0 Å². The Kier molecular flexibility index (Phi) is 6.66. The minimum Gasteiger partial charge on any atom is -0.493 e. The molecule has 0 aliphatic heterocycles. The van der Waals surface area contributed by atoms with E-state index in [9.17, 15) is 13.2 Å². The van der Waals surface area contributed by atoms with E-state index in [1.165, 1.54) is 12.1 Å². The van der Waals surface area contributed by atoms with Crippen LogP contribution in [0.3, 0.4) is 0 Å². The topological polar surface area (TPSA) is 48.1 Å². The number of aryl methyl sites for hydroxylation is 1. The molecule has 2 aromatic carbocycles. The Hall–Kier alpha value is -2.60. The first kappa shape index (κ1) is 22.1. The highest BCUT2D eigenvalue weighted by Gasteiger charge is 2.35. The number of para-hydroxylation sites is 1. The van der Waals surface area contributed by atoms with Crippen molar-refractivity contribution in [3.05, 3.63) is 59.8 Å². The van der Waals surface area contributed by atoms with Crippen LogP contribution in [0.1, 0.15) is 31.5 Å². The Balaban J connectivity index is 1.96. The van der Waals surface area contributed by atoms with Gasteiger partial charge in [0.2, 0.25) is 0 Å². The zero-order valence-corrected chi connectivity index (χ0v) is 17.5. The number of nitrogens with zero attached hydrogens (tertiary/aromatic N) is 1. The number of aromatic nitrogens is 1. The monoisotopic (exact) mass is 416 g/mol. The van der Waals surface area contributed by atoms with Crippen LogP contribution >= 0.6 is 0 Å². The molecule has 6 heteroatoms. The second kappa shape index (κ2) is 9.04. The smallest absolute Gasteiger partial charge is 0.419 e. The van der Waals surface area contributed by atoms with E-state index in [0.717, 1.165) is 28.6 Å². The summed E-state index contributed by atoms with van der Waals surface area (Å²) in [6, 6.07) is 13.5. The third-order valence-electron chi connectivity index (χ3n) is 5.17. The molecule has 0 aliphatic carbocycles. The number of benzene rings is 2. The summed E-state index contributed by atoms with van der Waals surface area (Å²) in [6.45, 7) is 6.57. The van der Waals surface area contributed by atoms with Gasteiger partial charge in [0.05, 0.1) is 17.7 Å². The minimum atomic E-state index is -4.52. The van der Waals surface area contributed by atoms with Crippen LogP contribution in [0, 0.1) is 18.8 Å². The van der Waals surface area contributed by atoms with Crippen molar-refractivity contribution in [1.82, 2.24) is 4.98 Å². The van der Waals surface area contributed by atoms with Crippen molar-refractivity contribution in [3.63, 3.8) is 0 Å². The van der Waals surface area contributed by atoms with E-state index in [2.05, 4.69) is 4.98 Å². The highest BCUT2D eigenvalue weighted by molar-refractivity contribution is 5.94. The van der Waals surface area contributed by atoms with Crippen molar-refractivity contribution < 1.29 is 17.9 Å². The molecular weight excluding hydrogens is 389 g/mol. The van der Waals surface area contributed by atoms with Crippen LogP contribution in [-0.2, 0) is 6.18 Å². The van der Waals surface area contributed by atoms with Crippen molar-refractivity contribution in [3.8, 4) is 16.9 Å². The average Bonchev–Trinajstić information content (AvgIpc) is 2.70. The first-order valence-corrected chi connectivity index (χ1v) is 10.1. The maximum absolute atomic E-state index is 13.8. The minimum absolute atomic E-state index is 0.108. The molecule has 1 heterocycles. The van der Waals surface area contributed by atoms with Crippen molar-refractivity contribution in [2.75, 3.05) is 13.2 Å². The summed E-state index contributed by atoms with van der Waals surface area (Å²) < 4.78 is 47.1. The predicted molar refractivity (Wildman–Crippen MR) is 114 cm³/mol. The molecule has 0 bridgehead atoms. The molecule has 0 radical (unpaired) electrons. The van der Waals surface area contributed by atoms with Gasteiger partial charge in [0, 0.05) is 11.1 Å². The fraction of sp³-hybridized carbons (Fsp3) is 0.375. The number of fused-ring (bicyclic) bond motifs is 1. The van der Waals surface area contributed by atoms with Crippen LogP contribution in [0.5, 0.6) is 5.75 Å². The summed E-state index contributed by atoms with van der Waals surface area (Å²) >= 11 is 0. The molecule has 1 aromatic heterocycles. The van der Waals surface area contributed by atoms with Gasteiger partial charge < -0.3 is 10.5 Å². The van der Waals surface area contributed by atoms with Gasteiger partial charge in [-0.3, -0.25) is 4.98 Å². The average molecular weight is 416 g/mol. The third kappa shape index (κ3) is 5.11. The van der Waals surface area contributed by atoms with Crippen LogP contribution in [0.2, 0.25) is 0 Å². The summed E-state index contributed by atoms with van der Waals surface area (Å²) in [5.74, 6) is 0.265. The molecule has 0 spiro atoms. The van der Waals surface area contributed by atoms with Crippen molar-refractivity contribution in [2.24, 2.45) is 17.6 Å². The highest BCUT2D eigenvalue weighted by Crippen LogP contribution is 2.40. The molecular formula is C24H27F3N2O. The van der Waals surface area contributed by atoms with Crippen molar-refractivity contribution >= 4 is 10.9 Å². The van der Waals surface area contributed by atoms with Crippen molar-refractivity contribution in [1.29, 1.82) is 0 Å². The second-order valence-corrected chi connectivity index (χ2v) is 8.03. The van der Waals surface area contributed by atoms with E-state index < -0.39 is 11.7 Å². The molecule has 160 valence electrons. The Morgan fingerprint density at radius 3 is 2.47 bits per heavy atom. The molecule has 3 rings (SSSR count). The molecule has 0 amide bonds. The zero-order valence-electron chi connectivity index (χ0n) is 17.5. The van der Waals surface area contributed by atoms with Gasteiger partial charge in [0.15, 0.2) is 0 Å². The molecule has 30 heavy (non-hydrogen) atoms. The van der Waals surface area contributed by atoms with Gasteiger partial charge in [-0.15, -0.1) is 0 Å². The van der Waals surface area contributed by atoms with Crippen LogP contribution < -0.4 is 10.5 Å². The number of rotatable bonds is 7. The largest absolute Gasteiger partial charge is 0.493 e. The SMILES string of the molecule is Cc1cc(-c2ccc(OCC(C)CC(C)CN)c(C(F)(F)F)c2)c2ccccc2n1. The standard InChI is InChI=1S/C24H27F3N2O/c1-15(13-28)10-16(2)14-30-23-9-8-18(12-21(23)24(25,26)27)20-11-17(3)29-22-7-5-4-6-19(20)22/h4-9,11-12,15-16H,10,13-14,28H2,1-3H3. The molecule has 3 aromatic rings. The number of nitrogens with two attached hydrogens (primary N) is 1. The normalized spacial score (nSPS) is 14.0. The Morgan fingerprint density at radius 1 is 1.03 bits per heavy atom. The molecule has 2 unspecified atom stereocenters. The molecule has 2 N–H and O–H groups in total. The van der Waals surface area contributed by atoms with E-state index in [-0.39, 0.29) is 18.3 Å². The Bertz CT molecular complexity index is 1020. The van der Waals surface area contributed by atoms with Crippen LogP contribution in [0.4, 0.5) is 13.2 Å². The number of hydrogen-bond acceptors (Lipinski definition) is 3. The first-order chi connectivity index (χ1) is 14.2. The number of hydrogen-bond donors (Lipinski definition) is 1. The Labute approximate surface area is 175 Å². The van der Waals surface area contributed by atoms with Gasteiger partial charge in [0.1, 0.15) is 5.75 Å². The van der Waals surface area contributed by atoms with Gasteiger partial charge in [-0.1, -0.05) is 38.1 Å². The van der Waals surface area contributed by atoms with Gasteiger partial charge in [-0.05, 0) is 67.1 Å². The maximum Gasteiger partial charge on any atom is 0.419 e. The lowest BCUT2D eigenvalue weighted by Gasteiger charge is -2.20. The highest BCUT2D eigenvalue weighted by atomic mass is 19.4. The van der Waals surface area contributed by atoms with E-state index in [0.29, 0.717) is 18.0 Å². The fourth-order valence-corrected chi connectivity index (χ4v) is 3.67. The van der Waals surface area contributed by atoms with Crippen LogP contribution in [0.25, 0.3) is 22.0 Å². The number of ether oxygens (including phenoxy) is 1. The maximum atomic E-state index is 13.8. The number of alkyl halides is 3. The number of pyridine rings is 1. The Morgan fingerprint density at radius 2 is 1.77 bits per heavy atom. The molecule has 0 fully saturated rings. The lowest BCUT2D eigenvalue weighted by Crippen LogP contribution is -2.18. The lowest BCUT2D eigenvalue weighted by molar-refractivity contribution is -0.139. The molecule has 3 nitrogen and oxygen atoms in total. The van der Waals surface area contributed by atoms with Crippen LogP contribution in [-0.4, -0.2) is 18.1 Å². The first-order valence-electron chi connectivity index (χ1n) is 10.1. The predicted octanol–water partition coefficient (Wildman–Crippen LogP) is 6.23. The van der Waals surface area contributed by atoms with Crippen LogP contribution in [0.15, 0.2) is 48.5 Å². The van der Waals surface area contributed by atoms with E-state index in [4.69, 9.17) is 10.5 Å². The summed E-state index contributed by atoms with van der Waals surface area (Å²) in [7, 11) is 0. The molecule has 0 saturated heterocycles. The molecule has 2 atom stereocenters. The number of halogens is 3. The summed E-state index contributed by atoms with van der Waals surface area (Å²) in [4.78, 5) is 4.47. The lowest BCUT2D eigenvalue weighted by atomic mass is 9.97. The van der Waals surface area contributed by atoms with Gasteiger partial charge in [-0.25, -0.2) is 0 Å². The molecule has 0 saturated carbocycles. The quantitative estimate of drug-likeness (QED) is 0.497. The second-order valence-electron chi connectivity index (χ2n) is 8.03. The van der Waals surface area contributed by atoms with Gasteiger partial charge in [0.25, 0.3) is 0 Å². The third-order valence-corrected chi connectivity index (χ3v) is 5.17. The zero-order chi connectivity index (χ0) is 21.9. The van der Waals surface area contributed by atoms with Gasteiger partial charge >= 0.3 is 6.18 Å². The van der Waals surface area contributed by atoms with E-state index in [1.807, 2.05) is 51.1 Å². The summed E-state index contributed by atoms with van der Waals surface area (Å²) in [6.07, 6.45) is -3.71. The van der Waals surface area contributed by atoms with Crippen molar-refractivity contribution in [2.45, 2.75) is 33.4 Å². The molecule has 0 aliphatic rings. The van der Waals surface area contributed by atoms with Gasteiger partial charge in [-0.2, -0.15) is 13.2 Å². The van der Waals surface area contributed by atoms with E-state index in [1.54, 1.807) is 6.07 Å². The summed E-state index contributed by atoms with van der Waals surface area (Å²) in [5.41, 5.74) is 7.58. The summed E-state index contributed by atoms with van der Waals surface area (Å²) in [5, 5.41) is 0.814. The fourth-order valence-electron chi connectivity index (χ4n) is 3.67.